The van der Waals surface area contributed by atoms with Crippen molar-refractivity contribution in [3.05, 3.63) is 42.0 Å². The first-order valence-electron chi connectivity index (χ1n) is 6.54. The van der Waals surface area contributed by atoms with Gasteiger partial charge in [-0.2, -0.15) is 0 Å². The molecule has 19 heavy (non-hydrogen) atoms. The van der Waals surface area contributed by atoms with Crippen LogP contribution in [0.25, 0.3) is 0 Å². The molecule has 5 nitrogen and oxygen atoms in total. The summed E-state index contributed by atoms with van der Waals surface area (Å²) < 4.78 is 0. The molecule has 0 atom stereocenters. The van der Waals surface area contributed by atoms with Crippen molar-refractivity contribution in [2.24, 2.45) is 0 Å². The van der Waals surface area contributed by atoms with E-state index >= 15 is 0 Å². The lowest BCUT2D eigenvalue weighted by Gasteiger charge is -2.08. The summed E-state index contributed by atoms with van der Waals surface area (Å²) in [5.74, 6) is 2.11. The molecule has 5 heteroatoms. The Kier molecular flexibility index (Phi) is 4.66. The van der Waals surface area contributed by atoms with Crippen molar-refractivity contribution < 1.29 is 0 Å². The molecule has 0 bridgehead atoms. The van der Waals surface area contributed by atoms with Crippen molar-refractivity contribution in [3.8, 4) is 0 Å². The van der Waals surface area contributed by atoms with E-state index in [1.807, 2.05) is 12.1 Å². The first-order chi connectivity index (χ1) is 9.28. The van der Waals surface area contributed by atoms with Crippen LogP contribution in [0.4, 0.5) is 11.6 Å². The Morgan fingerprint density at radius 1 is 1.16 bits per heavy atom. The Bertz CT molecular complexity index is 512. The summed E-state index contributed by atoms with van der Waals surface area (Å²) in [7, 11) is 0. The fourth-order valence-corrected chi connectivity index (χ4v) is 1.83. The zero-order valence-corrected chi connectivity index (χ0v) is 11.1. The molecule has 100 valence electrons. The Morgan fingerprint density at radius 2 is 1.95 bits per heavy atom. The molecular formula is C14H19N5. The van der Waals surface area contributed by atoms with Crippen molar-refractivity contribution in [2.75, 3.05) is 17.6 Å². The molecule has 0 saturated carbocycles. The zero-order chi connectivity index (χ0) is 13.5. The van der Waals surface area contributed by atoms with Gasteiger partial charge < -0.3 is 11.1 Å². The molecule has 0 radical (unpaired) electrons. The van der Waals surface area contributed by atoms with E-state index in [-0.39, 0.29) is 0 Å². The molecule has 3 N–H and O–H groups in total. The van der Waals surface area contributed by atoms with Gasteiger partial charge in [0.15, 0.2) is 0 Å². The van der Waals surface area contributed by atoms with E-state index in [9.17, 15) is 0 Å². The SMILES string of the molecule is CCCc1nc(N)cc(NCCc2ccncc2)n1. The first-order valence-corrected chi connectivity index (χ1v) is 6.54. The van der Waals surface area contributed by atoms with Crippen LogP contribution in [0, 0.1) is 0 Å². The molecule has 0 aliphatic rings. The predicted octanol–water partition coefficient (Wildman–Crippen LogP) is 2.06. The quantitative estimate of drug-likeness (QED) is 0.828. The number of nitrogens with two attached hydrogens (primary N) is 1. The normalized spacial score (nSPS) is 10.4. The highest BCUT2D eigenvalue weighted by Gasteiger charge is 2.01. The number of pyridine rings is 1. The minimum absolute atomic E-state index is 0.518. The third-order valence-corrected chi connectivity index (χ3v) is 2.74. The lowest BCUT2D eigenvalue weighted by Crippen LogP contribution is -2.09. The van der Waals surface area contributed by atoms with Gasteiger partial charge in [0.25, 0.3) is 0 Å². The second-order valence-electron chi connectivity index (χ2n) is 4.38. The zero-order valence-electron chi connectivity index (χ0n) is 11.1. The number of nitrogens with zero attached hydrogens (tertiary/aromatic N) is 3. The molecule has 0 unspecified atom stereocenters. The van der Waals surface area contributed by atoms with Gasteiger partial charge in [-0.1, -0.05) is 6.92 Å². The highest BCUT2D eigenvalue weighted by molar-refractivity contribution is 5.44. The van der Waals surface area contributed by atoms with E-state index in [0.717, 1.165) is 37.4 Å². The van der Waals surface area contributed by atoms with Crippen molar-refractivity contribution in [3.63, 3.8) is 0 Å². The van der Waals surface area contributed by atoms with Crippen LogP contribution in [0.15, 0.2) is 30.6 Å². The molecule has 2 heterocycles. The van der Waals surface area contributed by atoms with E-state index < -0.39 is 0 Å². The number of nitrogens with one attached hydrogen (secondary N) is 1. The molecule has 2 aromatic rings. The molecule has 0 aliphatic heterocycles. The minimum atomic E-state index is 0.518. The van der Waals surface area contributed by atoms with Crippen molar-refractivity contribution in [1.29, 1.82) is 0 Å². The van der Waals surface area contributed by atoms with Gasteiger partial charge in [-0.25, -0.2) is 9.97 Å². The largest absolute Gasteiger partial charge is 0.384 e. The van der Waals surface area contributed by atoms with E-state index in [4.69, 9.17) is 5.73 Å². The van der Waals surface area contributed by atoms with Gasteiger partial charge in [-0.3, -0.25) is 4.98 Å². The Hall–Kier alpha value is -2.17. The number of rotatable bonds is 6. The standard InChI is InChI=1S/C14H19N5/c1-2-3-13-18-12(15)10-14(19-13)17-9-6-11-4-7-16-8-5-11/h4-5,7-8,10H,2-3,6,9H2,1H3,(H3,15,17,18,19). The summed E-state index contributed by atoms with van der Waals surface area (Å²) in [5, 5.41) is 3.28. The third kappa shape index (κ3) is 4.21. The highest BCUT2D eigenvalue weighted by Crippen LogP contribution is 2.10. The highest BCUT2D eigenvalue weighted by atomic mass is 15.0. The van der Waals surface area contributed by atoms with E-state index in [2.05, 4.69) is 27.2 Å². The summed E-state index contributed by atoms with van der Waals surface area (Å²) in [4.78, 5) is 12.6. The van der Waals surface area contributed by atoms with Crippen LogP contribution >= 0.6 is 0 Å². The van der Waals surface area contributed by atoms with Crippen molar-refractivity contribution in [2.45, 2.75) is 26.2 Å². The predicted molar refractivity (Wildman–Crippen MR) is 76.9 cm³/mol. The van der Waals surface area contributed by atoms with Gasteiger partial charge in [0.2, 0.25) is 0 Å². The van der Waals surface area contributed by atoms with Gasteiger partial charge in [-0.15, -0.1) is 0 Å². The molecule has 2 aromatic heterocycles. The van der Waals surface area contributed by atoms with E-state index in [1.54, 1.807) is 18.5 Å². The maximum absolute atomic E-state index is 5.77. The lowest BCUT2D eigenvalue weighted by atomic mass is 10.2. The van der Waals surface area contributed by atoms with Crippen LogP contribution in [0.5, 0.6) is 0 Å². The topological polar surface area (TPSA) is 76.7 Å². The maximum Gasteiger partial charge on any atom is 0.133 e. The number of hydrogen-bond acceptors (Lipinski definition) is 5. The van der Waals surface area contributed by atoms with Gasteiger partial charge in [0.05, 0.1) is 0 Å². The van der Waals surface area contributed by atoms with E-state index in [0.29, 0.717) is 5.82 Å². The number of anilines is 2. The number of hydrogen-bond donors (Lipinski definition) is 2. The molecule has 0 fully saturated rings. The first kappa shape index (κ1) is 13.3. The summed E-state index contributed by atoms with van der Waals surface area (Å²) >= 11 is 0. The molecule has 0 aliphatic carbocycles. The van der Waals surface area contributed by atoms with Crippen LogP contribution < -0.4 is 11.1 Å². The molecule has 0 spiro atoms. The van der Waals surface area contributed by atoms with E-state index in [1.165, 1.54) is 5.56 Å². The average Bonchev–Trinajstić information content (AvgIpc) is 2.40. The van der Waals surface area contributed by atoms with Crippen LogP contribution in [-0.4, -0.2) is 21.5 Å². The Morgan fingerprint density at radius 3 is 2.68 bits per heavy atom. The van der Waals surface area contributed by atoms with Crippen LogP contribution in [0.3, 0.4) is 0 Å². The number of aryl methyl sites for hydroxylation is 1. The Balaban J connectivity index is 1.92. The van der Waals surface area contributed by atoms with Gasteiger partial charge in [0.1, 0.15) is 17.5 Å². The van der Waals surface area contributed by atoms with Crippen LogP contribution in [0.1, 0.15) is 24.7 Å². The lowest BCUT2D eigenvalue weighted by molar-refractivity contribution is 0.836. The maximum atomic E-state index is 5.77. The summed E-state index contributed by atoms with van der Waals surface area (Å²) in [6, 6.07) is 5.79. The fourth-order valence-electron chi connectivity index (χ4n) is 1.83. The monoisotopic (exact) mass is 257 g/mol. The molecule has 0 aromatic carbocycles. The Labute approximate surface area is 113 Å². The second-order valence-corrected chi connectivity index (χ2v) is 4.38. The average molecular weight is 257 g/mol. The van der Waals surface area contributed by atoms with Gasteiger partial charge in [0, 0.05) is 31.4 Å². The summed E-state index contributed by atoms with van der Waals surface area (Å²) in [6.07, 6.45) is 6.40. The smallest absolute Gasteiger partial charge is 0.133 e. The number of nitrogen functional groups attached to an aromatic ring is 1. The van der Waals surface area contributed by atoms with Crippen molar-refractivity contribution >= 4 is 11.6 Å². The molecule has 0 amide bonds. The molecule has 2 rings (SSSR count). The van der Waals surface area contributed by atoms with Crippen LogP contribution in [0.2, 0.25) is 0 Å². The fraction of sp³-hybridized carbons (Fsp3) is 0.357. The number of aromatic nitrogens is 3. The third-order valence-electron chi connectivity index (χ3n) is 2.74. The second kappa shape index (κ2) is 6.68. The van der Waals surface area contributed by atoms with Gasteiger partial charge in [-0.05, 0) is 30.5 Å². The van der Waals surface area contributed by atoms with Crippen molar-refractivity contribution in [1.82, 2.24) is 15.0 Å². The van der Waals surface area contributed by atoms with Gasteiger partial charge >= 0.3 is 0 Å². The van der Waals surface area contributed by atoms with Crippen LogP contribution in [-0.2, 0) is 12.8 Å². The minimum Gasteiger partial charge on any atom is -0.384 e. The molecule has 0 saturated heterocycles. The summed E-state index contributed by atoms with van der Waals surface area (Å²) in [6.45, 7) is 2.91. The molecular weight excluding hydrogens is 238 g/mol. The summed E-state index contributed by atoms with van der Waals surface area (Å²) in [5.41, 5.74) is 7.02.